The van der Waals surface area contributed by atoms with Gasteiger partial charge in [0, 0.05) is 10.8 Å². The van der Waals surface area contributed by atoms with Crippen LogP contribution in [0.4, 0.5) is 11.5 Å². The molecule has 6 heteroatoms. The third-order valence-electron chi connectivity index (χ3n) is 4.87. The van der Waals surface area contributed by atoms with Crippen molar-refractivity contribution in [3.8, 4) is 16.9 Å². The highest BCUT2D eigenvalue weighted by molar-refractivity contribution is 5.98. The largest absolute Gasteiger partial charge is 0.494 e. The molecule has 0 aliphatic rings. The van der Waals surface area contributed by atoms with Gasteiger partial charge in [0.05, 0.1) is 29.5 Å². The molecule has 0 saturated heterocycles. The van der Waals surface area contributed by atoms with Crippen LogP contribution >= 0.6 is 0 Å². The molecule has 2 N–H and O–H groups in total. The highest BCUT2D eigenvalue weighted by Gasteiger charge is 2.09. The van der Waals surface area contributed by atoms with Gasteiger partial charge in [0.15, 0.2) is 0 Å². The standard InChI is InChI=1S/C23H19N5O/c1-2-29-17-9-6-15(7-10-17)16-8-11-20-18(12-16)23(25-14-24-20)27-21-4-3-5-22-19(21)13-26-28-22/h3-14H,2H2,1H3,(H,26,28)(H,24,25,27). The van der Waals surface area contributed by atoms with Crippen LogP contribution < -0.4 is 10.1 Å². The minimum Gasteiger partial charge on any atom is -0.494 e. The SMILES string of the molecule is CCOc1ccc(-c2ccc3ncnc(Nc4cccc5[nH]ncc45)c3c2)cc1. The van der Waals surface area contributed by atoms with E-state index in [0.29, 0.717) is 6.61 Å². The first kappa shape index (κ1) is 17.2. The highest BCUT2D eigenvalue weighted by atomic mass is 16.5. The second kappa shape index (κ2) is 7.24. The zero-order valence-corrected chi connectivity index (χ0v) is 15.9. The first-order valence-electron chi connectivity index (χ1n) is 9.49. The lowest BCUT2D eigenvalue weighted by Crippen LogP contribution is -1.96. The quantitative estimate of drug-likeness (QED) is 0.431. The van der Waals surface area contributed by atoms with E-state index in [1.807, 2.05) is 49.5 Å². The van der Waals surface area contributed by atoms with Crippen molar-refractivity contribution in [3.63, 3.8) is 0 Å². The molecule has 0 bridgehead atoms. The molecule has 5 rings (SSSR count). The molecule has 2 aromatic heterocycles. The van der Waals surface area contributed by atoms with Crippen molar-refractivity contribution in [1.82, 2.24) is 20.2 Å². The molecule has 0 saturated carbocycles. The molecule has 0 fully saturated rings. The Labute approximate surface area is 167 Å². The van der Waals surface area contributed by atoms with Crippen LogP contribution in [-0.4, -0.2) is 26.8 Å². The number of nitrogens with one attached hydrogen (secondary N) is 2. The average molecular weight is 381 g/mol. The lowest BCUT2D eigenvalue weighted by molar-refractivity contribution is 0.340. The fourth-order valence-corrected chi connectivity index (χ4v) is 3.45. The maximum absolute atomic E-state index is 5.54. The van der Waals surface area contributed by atoms with Gasteiger partial charge in [0.2, 0.25) is 0 Å². The number of rotatable bonds is 5. The summed E-state index contributed by atoms with van der Waals surface area (Å²) in [5, 5.41) is 12.5. The van der Waals surface area contributed by atoms with Gasteiger partial charge in [-0.1, -0.05) is 24.3 Å². The molecular weight excluding hydrogens is 362 g/mol. The minimum absolute atomic E-state index is 0.658. The summed E-state index contributed by atoms with van der Waals surface area (Å²) in [6.07, 6.45) is 3.39. The van der Waals surface area contributed by atoms with E-state index in [0.717, 1.165) is 50.2 Å². The number of hydrogen-bond donors (Lipinski definition) is 2. The van der Waals surface area contributed by atoms with Crippen molar-refractivity contribution in [2.24, 2.45) is 0 Å². The normalized spacial score (nSPS) is 11.1. The van der Waals surface area contributed by atoms with Crippen LogP contribution in [0.15, 0.2) is 73.2 Å². The Kier molecular flexibility index (Phi) is 4.29. The van der Waals surface area contributed by atoms with E-state index in [4.69, 9.17) is 4.74 Å². The molecule has 0 aliphatic heterocycles. The van der Waals surface area contributed by atoms with Crippen LogP contribution in [0.3, 0.4) is 0 Å². The Morgan fingerprint density at radius 1 is 0.931 bits per heavy atom. The molecule has 0 radical (unpaired) electrons. The number of anilines is 2. The molecule has 0 spiro atoms. The van der Waals surface area contributed by atoms with Crippen molar-refractivity contribution in [1.29, 1.82) is 0 Å². The van der Waals surface area contributed by atoms with Gasteiger partial charge in [-0.2, -0.15) is 5.10 Å². The number of H-pyrrole nitrogens is 1. The molecule has 5 aromatic rings. The van der Waals surface area contributed by atoms with Crippen molar-refractivity contribution in [2.45, 2.75) is 6.92 Å². The molecule has 142 valence electrons. The van der Waals surface area contributed by atoms with E-state index >= 15 is 0 Å². The predicted molar refractivity (Wildman–Crippen MR) is 116 cm³/mol. The number of nitrogens with zero attached hydrogens (tertiary/aromatic N) is 3. The smallest absolute Gasteiger partial charge is 0.141 e. The van der Waals surface area contributed by atoms with Crippen LogP contribution in [0.25, 0.3) is 32.9 Å². The third-order valence-corrected chi connectivity index (χ3v) is 4.87. The summed E-state index contributed by atoms with van der Waals surface area (Å²) in [4.78, 5) is 8.91. The van der Waals surface area contributed by atoms with E-state index in [9.17, 15) is 0 Å². The Balaban J connectivity index is 1.56. The van der Waals surface area contributed by atoms with E-state index in [1.54, 1.807) is 6.33 Å². The topological polar surface area (TPSA) is 75.7 Å². The average Bonchev–Trinajstić information content (AvgIpc) is 3.25. The third kappa shape index (κ3) is 3.25. The second-order valence-corrected chi connectivity index (χ2v) is 6.67. The van der Waals surface area contributed by atoms with Gasteiger partial charge in [-0.15, -0.1) is 0 Å². The van der Waals surface area contributed by atoms with Gasteiger partial charge >= 0.3 is 0 Å². The Bertz CT molecular complexity index is 1290. The maximum Gasteiger partial charge on any atom is 0.141 e. The first-order valence-corrected chi connectivity index (χ1v) is 9.49. The van der Waals surface area contributed by atoms with Crippen molar-refractivity contribution < 1.29 is 4.74 Å². The monoisotopic (exact) mass is 381 g/mol. The van der Waals surface area contributed by atoms with Gasteiger partial charge in [0.25, 0.3) is 0 Å². The van der Waals surface area contributed by atoms with E-state index in [-0.39, 0.29) is 0 Å². The lowest BCUT2D eigenvalue weighted by atomic mass is 10.0. The molecule has 0 atom stereocenters. The summed E-state index contributed by atoms with van der Waals surface area (Å²) in [5.74, 6) is 1.63. The first-order chi connectivity index (χ1) is 14.3. The number of ether oxygens (including phenoxy) is 1. The molecule has 6 nitrogen and oxygen atoms in total. The molecule has 0 aliphatic carbocycles. The van der Waals surface area contributed by atoms with Gasteiger partial charge in [-0.3, -0.25) is 5.10 Å². The zero-order chi connectivity index (χ0) is 19.6. The maximum atomic E-state index is 5.54. The zero-order valence-electron chi connectivity index (χ0n) is 15.9. The predicted octanol–water partition coefficient (Wildman–Crippen LogP) is 5.32. The Morgan fingerprint density at radius 2 is 1.79 bits per heavy atom. The minimum atomic E-state index is 0.658. The van der Waals surface area contributed by atoms with Gasteiger partial charge in [-0.05, 0) is 54.4 Å². The number of benzene rings is 3. The lowest BCUT2D eigenvalue weighted by Gasteiger charge is -2.11. The van der Waals surface area contributed by atoms with Crippen LogP contribution in [-0.2, 0) is 0 Å². The Hall–Kier alpha value is -3.93. The molecule has 0 unspecified atom stereocenters. The molecule has 2 heterocycles. The van der Waals surface area contributed by atoms with Crippen LogP contribution in [0.2, 0.25) is 0 Å². The summed E-state index contributed by atoms with van der Waals surface area (Å²) >= 11 is 0. The number of aromatic amines is 1. The highest BCUT2D eigenvalue weighted by Crippen LogP contribution is 2.31. The molecular formula is C23H19N5O. The second-order valence-electron chi connectivity index (χ2n) is 6.67. The van der Waals surface area contributed by atoms with Crippen LogP contribution in [0.5, 0.6) is 5.75 Å². The summed E-state index contributed by atoms with van der Waals surface area (Å²) in [5.41, 5.74) is 5.02. The van der Waals surface area contributed by atoms with Gasteiger partial charge in [-0.25, -0.2) is 9.97 Å². The van der Waals surface area contributed by atoms with E-state index in [1.165, 1.54) is 0 Å². The molecule has 3 aromatic carbocycles. The van der Waals surface area contributed by atoms with Crippen molar-refractivity contribution in [3.05, 3.63) is 73.2 Å². The number of hydrogen-bond acceptors (Lipinski definition) is 5. The van der Waals surface area contributed by atoms with E-state index in [2.05, 4.69) is 49.7 Å². The van der Waals surface area contributed by atoms with Crippen LogP contribution in [0, 0.1) is 0 Å². The number of aromatic nitrogens is 4. The molecule has 0 amide bonds. The van der Waals surface area contributed by atoms with Gasteiger partial charge in [0.1, 0.15) is 17.9 Å². The van der Waals surface area contributed by atoms with Crippen LogP contribution in [0.1, 0.15) is 6.92 Å². The Morgan fingerprint density at radius 3 is 2.66 bits per heavy atom. The number of fused-ring (bicyclic) bond motifs is 2. The van der Waals surface area contributed by atoms with Crippen molar-refractivity contribution >= 4 is 33.3 Å². The molecule has 29 heavy (non-hydrogen) atoms. The fourth-order valence-electron chi connectivity index (χ4n) is 3.45. The van der Waals surface area contributed by atoms with Gasteiger partial charge < -0.3 is 10.1 Å². The summed E-state index contributed by atoms with van der Waals surface area (Å²) in [7, 11) is 0. The summed E-state index contributed by atoms with van der Waals surface area (Å²) in [6.45, 7) is 2.64. The summed E-state index contributed by atoms with van der Waals surface area (Å²) in [6, 6.07) is 20.3. The van der Waals surface area contributed by atoms with Crippen molar-refractivity contribution in [2.75, 3.05) is 11.9 Å². The fraction of sp³-hybridized carbons (Fsp3) is 0.0870. The summed E-state index contributed by atoms with van der Waals surface area (Å²) < 4.78 is 5.54. The van der Waals surface area contributed by atoms with E-state index < -0.39 is 0 Å².